The quantitative estimate of drug-likeness (QED) is 0.147. The lowest BCUT2D eigenvalue weighted by Crippen LogP contribution is -2.33. The monoisotopic (exact) mass is 446 g/mol. The molecule has 0 bridgehead atoms. The highest BCUT2D eigenvalue weighted by Crippen LogP contribution is 2.34. The summed E-state index contributed by atoms with van der Waals surface area (Å²) in [5, 5.41) is 20.4. The largest absolute Gasteiger partial charge is 0.476 e. The van der Waals surface area contributed by atoms with Crippen molar-refractivity contribution >= 4 is 56.6 Å². The van der Waals surface area contributed by atoms with Gasteiger partial charge in [-0.1, -0.05) is 0 Å². The van der Waals surface area contributed by atoms with Gasteiger partial charge in [-0.3, -0.25) is 10.7 Å². The Labute approximate surface area is 168 Å². The van der Waals surface area contributed by atoms with Crippen molar-refractivity contribution in [3.05, 3.63) is 35.2 Å². The fourth-order valence-corrected chi connectivity index (χ4v) is 3.65. The predicted molar refractivity (Wildman–Crippen MR) is 103 cm³/mol. The van der Waals surface area contributed by atoms with E-state index < -0.39 is 34.5 Å². The Kier molecular flexibility index (Phi) is 7.27. The van der Waals surface area contributed by atoms with E-state index in [-0.39, 0.29) is 35.5 Å². The molecule has 0 fully saturated rings. The van der Waals surface area contributed by atoms with Gasteiger partial charge in [-0.25, -0.2) is 31.7 Å². The van der Waals surface area contributed by atoms with Crippen LogP contribution in [-0.2, 0) is 15.6 Å². The number of ether oxygens (including phenoxy) is 1. The Morgan fingerprint density at radius 1 is 1.41 bits per heavy atom. The van der Waals surface area contributed by atoms with Crippen molar-refractivity contribution in [1.82, 2.24) is 10.3 Å². The lowest BCUT2D eigenvalue weighted by atomic mass is 10.2. The van der Waals surface area contributed by atoms with Gasteiger partial charge in [0.1, 0.15) is 17.4 Å². The first-order valence-electron chi connectivity index (χ1n) is 7.63. The van der Waals surface area contributed by atoms with Crippen molar-refractivity contribution in [2.24, 2.45) is 5.73 Å². The summed E-state index contributed by atoms with van der Waals surface area (Å²) in [5.41, 5.74) is 5.23. The lowest BCUT2D eigenvalue weighted by molar-refractivity contribution is 0.0692. The fraction of sp³-hybridized carbons (Fsp3) is 0.143. The number of hydrogen-bond acceptors (Lipinski definition) is 8. The summed E-state index contributed by atoms with van der Waals surface area (Å²) in [5.74, 6) is -2.72. The van der Waals surface area contributed by atoms with Gasteiger partial charge < -0.3 is 20.9 Å². The molecule has 2 rings (SSSR count). The second-order valence-electron chi connectivity index (χ2n) is 5.13. The molecule has 0 saturated heterocycles. The second-order valence-corrected chi connectivity index (χ2v) is 6.84. The summed E-state index contributed by atoms with van der Waals surface area (Å²) in [6, 6.07) is 3.07. The number of amides is 1. The third-order valence-electron chi connectivity index (χ3n) is 3.19. The summed E-state index contributed by atoms with van der Waals surface area (Å²) < 4.78 is 43.0. The van der Waals surface area contributed by atoms with Gasteiger partial charge in [0.2, 0.25) is 10.9 Å². The van der Waals surface area contributed by atoms with Crippen molar-refractivity contribution in [2.45, 2.75) is 0 Å². The summed E-state index contributed by atoms with van der Waals surface area (Å²) in [4.78, 5) is 26.4. The molecule has 0 atom stereocenters. The molecular formula is C14H15FN6O6S2. The number of guanidine groups is 1. The molecule has 1 heterocycles. The molecule has 1 aromatic carbocycles. The van der Waals surface area contributed by atoms with Crippen LogP contribution in [0, 0.1) is 11.2 Å². The van der Waals surface area contributed by atoms with Crippen LogP contribution in [0.2, 0.25) is 0 Å². The van der Waals surface area contributed by atoms with E-state index in [1.54, 1.807) is 0 Å². The molecule has 1 aromatic heterocycles. The van der Waals surface area contributed by atoms with E-state index in [1.165, 1.54) is 6.07 Å². The molecule has 15 heteroatoms. The zero-order valence-electron chi connectivity index (χ0n) is 14.4. The number of halogens is 1. The number of anilines is 3. The van der Waals surface area contributed by atoms with Gasteiger partial charge in [-0.05, 0) is 12.1 Å². The predicted octanol–water partition coefficient (Wildman–Crippen LogP) is 0.676. The Morgan fingerprint density at radius 2 is 2.14 bits per heavy atom. The molecule has 156 valence electrons. The minimum atomic E-state index is -3.36. The van der Waals surface area contributed by atoms with Crippen molar-refractivity contribution in [2.75, 3.05) is 22.8 Å². The summed E-state index contributed by atoms with van der Waals surface area (Å²) in [6.07, 6.45) is -0.982. The standard InChI is InChI=1S/C14H15FN6O6S2/c15-8-5-7(21(29(25)26)11-10(12(22)23)19-6-28-11)1-2-9(8)20-14(24)27-4-3-18-13(16)17/h1-2,5-6,29H,3-4H2,(H,20,24)(H,22,23)(H4,16,17,18). The average molecular weight is 446 g/mol. The smallest absolute Gasteiger partial charge is 0.411 e. The Bertz CT molecular complexity index is 1000. The summed E-state index contributed by atoms with van der Waals surface area (Å²) in [7, 11) is -3.36. The van der Waals surface area contributed by atoms with Crippen LogP contribution in [0.15, 0.2) is 23.7 Å². The second kappa shape index (κ2) is 9.65. The molecule has 0 unspecified atom stereocenters. The van der Waals surface area contributed by atoms with Crippen molar-refractivity contribution in [1.29, 1.82) is 5.41 Å². The maximum Gasteiger partial charge on any atom is 0.411 e. The molecule has 0 aliphatic carbocycles. The Balaban J connectivity index is 2.16. The zero-order chi connectivity index (χ0) is 21.6. The highest BCUT2D eigenvalue weighted by atomic mass is 32.2. The van der Waals surface area contributed by atoms with Gasteiger partial charge in [0.05, 0.1) is 23.4 Å². The molecule has 29 heavy (non-hydrogen) atoms. The van der Waals surface area contributed by atoms with Crippen LogP contribution >= 0.6 is 11.3 Å². The van der Waals surface area contributed by atoms with Crippen molar-refractivity contribution < 1.29 is 32.2 Å². The number of aromatic carboxylic acids is 1. The average Bonchev–Trinajstić information content (AvgIpc) is 3.10. The third kappa shape index (κ3) is 5.76. The summed E-state index contributed by atoms with van der Waals surface area (Å²) in [6.45, 7) is -0.0602. The molecule has 1 amide bonds. The van der Waals surface area contributed by atoms with Gasteiger partial charge >= 0.3 is 12.1 Å². The van der Waals surface area contributed by atoms with Crippen molar-refractivity contribution in [3.63, 3.8) is 0 Å². The van der Waals surface area contributed by atoms with Crippen LogP contribution < -0.4 is 20.7 Å². The molecule has 0 aliphatic rings. The van der Waals surface area contributed by atoms with E-state index in [0.29, 0.717) is 4.31 Å². The topological polar surface area (TPSA) is 188 Å². The zero-order valence-corrected chi connectivity index (χ0v) is 16.1. The number of nitrogens with zero attached hydrogens (tertiary/aromatic N) is 2. The number of thiol groups is 1. The molecule has 0 saturated carbocycles. The van der Waals surface area contributed by atoms with Gasteiger partial charge in [0, 0.05) is 6.07 Å². The van der Waals surface area contributed by atoms with Crippen LogP contribution in [0.1, 0.15) is 10.5 Å². The number of nitrogens with one attached hydrogen (secondary N) is 3. The molecule has 0 radical (unpaired) electrons. The van der Waals surface area contributed by atoms with Crippen molar-refractivity contribution in [3.8, 4) is 0 Å². The highest BCUT2D eigenvalue weighted by molar-refractivity contribution is 7.74. The van der Waals surface area contributed by atoms with E-state index in [1.807, 2.05) is 0 Å². The van der Waals surface area contributed by atoms with E-state index in [4.69, 9.17) is 21.0 Å². The Morgan fingerprint density at radius 3 is 2.72 bits per heavy atom. The number of thiazole rings is 1. The number of aromatic nitrogens is 1. The lowest BCUT2D eigenvalue weighted by Gasteiger charge is -2.17. The number of carbonyl (C=O) groups excluding carboxylic acids is 1. The number of carboxylic acids is 1. The minimum absolute atomic E-state index is 0.0798. The Hall–Kier alpha value is -3.46. The number of rotatable bonds is 8. The highest BCUT2D eigenvalue weighted by Gasteiger charge is 2.23. The number of benzene rings is 1. The summed E-state index contributed by atoms with van der Waals surface area (Å²) >= 11 is 0.751. The first-order valence-corrected chi connectivity index (χ1v) is 9.64. The van der Waals surface area contributed by atoms with E-state index in [2.05, 4.69) is 15.6 Å². The van der Waals surface area contributed by atoms with Gasteiger partial charge in [0.15, 0.2) is 11.7 Å². The normalized spacial score (nSPS) is 10.4. The number of carbonyl (C=O) groups is 2. The van der Waals surface area contributed by atoms with E-state index in [0.717, 1.165) is 29.0 Å². The van der Waals surface area contributed by atoms with Crippen LogP contribution in [-0.4, -0.2) is 49.7 Å². The first-order chi connectivity index (χ1) is 13.7. The number of nitrogens with two attached hydrogens (primary N) is 1. The molecule has 2 aromatic rings. The SMILES string of the molecule is N=C(N)NCCOC(=O)Nc1ccc(N(c2scnc2C(=O)O)[SH](=O)=O)cc1F. The maximum absolute atomic E-state index is 14.3. The molecule has 0 spiro atoms. The fourth-order valence-electron chi connectivity index (χ4n) is 2.04. The van der Waals surface area contributed by atoms with E-state index in [9.17, 15) is 22.4 Å². The minimum Gasteiger partial charge on any atom is -0.476 e. The van der Waals surface area contributed by atoms with E-state index >= 15 is 0 Å². The van der Waals surface area contributed by atoms with Crippen LogP contribution in [0.3, 0.4) is 0 Å². The van der Waals surface area contributed by atoms with Gasteiger partial charge in [-0.2, -0.15) is 0 Å². The first kappa shape index (κ1) is 21.8. The molecule has 12 nitrogen and oxygen atoms in total. The third-order valence-corrected chi connectivity index (χ3v) is 4.89. The van der Waals surface area contributed by atoms with Crippen LogP contribution in [0.4, 0.5) is 25.6 Å². The van der Waals surface area contributed by atoms with Crippen LogP contribution in [0.5, 0.6) is 0 Å². The molecule has 0 aliphatic heterocycles. The van der Waals surface area contributed by atoms with Crippen LogP contribution in [0.25, 0.3) is 0 Å². The molecular weight excluding hydrogens is 431 g/mol. The number of hydrogen-bond donors (Lipinski definition) is 6. The molecule has 6 N–H and O–H groups in total. The number of carboxylic acid groups (broad SMARTS) is 1. The van der Waals surface area contributed by atoms with Gasteiger partial charge in [-0.15, -0.1) is 11.3 Å². The maximum atomic E-state index is 14.3. The van der Waals surface area contributed by atoms with Gasteiger partial charge in [0.25, 0.3) is 0 Å².